The monoisotopic (exact) mass is 342 g/mol. The fourth-order valence-electron chi connectivity index (χ4n) is 3.68. The molecule has 1 aromatic heterocycles. The van der Waals surface area contributed by atoms with Crippen LogP contribution in [0.2, 0.25) is 0 Å². The first kappa shape index (κ1) is 17.7. The molecule has 1 saturated heterocycles. The first-order valence-corrected chi connectivity index (χ1v) is 9.15. The summed E-state index contributed by atoms with van der Waals surface area (Å²) >= 11 is 0. The summed E-state index contributed by atoms with van der Waals surface area (Å²) in [4.78, 5) is 30.1. The number of aromatic amines is 1. The summed E-state index contributed by atoms with van der Waals surface area (Å²) in [5.74, 6) is -0.153. The third kappa shape index (κ3) is 3.76. The number of para-hydroxylation sites is 1. The SMILES string of the molecule is CCOC(=O)[C@@H]1CCCN(CC(=O)c2c[nH]c3c(CC)cccc23)C1. The van der Waals surface area contributed by atoms with Gasteiger partial charge in [0.2, 0.25) is 0 Å². The number of ketones is 1. The quantitative estimate of drug-likeness (QED) is 0.647. The van der Waals surface area contributed by atoms with E-state index < -0.39 is 0 Å². The average molecular weight is 342 g/mol. The Balaban J connectivity index is 1.71. The molecule has 2 heterocycles. The molecule has 0 saturated carbocycles. The normalized spacial score (nSPS) is 18.4. The molecular weight excluding hydrogens is 316 g/mol. The summed E-state index contributed by atoms with van der Waals surface area (Å²) in [5, 5.41) is 0.989. The summed E-state index contributed by atoms with van der Waals surface area (Å²) in [5.41, 5.74) is 3.01. The summed E-state index contributed by atoms with van der Waals surface area (Å²) in [6, 6.07) is 6.08. The molecule has 3 rings (SSSR count). The third-order valence-corrected chi connectivity index (χ3v) is 4.98. The second-order valence-corrected chi connectivity index (χ2v) is 6.65. The standard InChI is InChI=1S/C20H26N2O3/c1-3-14-7-5-9-16-17(11-21-19(14)16)18(23)13-22-10-6-8-15(12-22)20(24)25-4-2/h5,7,9,11,15,21H,3-4,6,8,10,12-13H2,1-2H3/t15-/m1/s1. The van der Waals surface area contributed by atoms with Crippen LogP contribution in [0, 0.1) is 5.92 Å². The van der Waals surface area contributed by atoms with Crippen molar-refractivity contribution < 1.29 is 14.3 Å². The molecule has 1 aliphatic heterocycles. The van der Waals surface area contributed by atoms with Crippen LogP contribution in [0.15, 0.2) is 24.4 Å². The topological polar surface area (TPSA) is 62.4 Å². The van der Waals surface area contributed by atoms with Gasteiger partial charge in [-0.25, -0.2) is 0 Å². The number of aromatic nitrogens is 1. The zero-order chi connectivity index (χ0) is 17.8. The molecule has 0 unspecified atom stereocenters. The summed E-state index contributed by atoms with van der Waals surface area (Å²) in [6.45, 7) is 6.14. The highest BCUT2D eigenvalue weighted by Crippen LogP contribution is 2.24. The maximum absolute atomic E-state index is 12.8. The van der Waals surface area contributed by atoms with Crippen molar-refractivity contribution in [3.8, 4) is 0 Å². The Bertz CT molecular complexity index is 765. The van der Waals surface area contributed by atoms with Gasteiger partial charge in [0.05, 0.1) is 19.1 Å². The Morgan fingerprint density at radius 2 is 2.16 bits per heavy atom. The van der Waals surface area contributed by atoms with Crippen molar-refractivity contribution in [2.75, 3.05) is 26.2 Å². The zero-order valence-electron chi connectivity index (χ0n) is 15.0. The lowest BCUT2D eigenvalue weighted by molar-refractivity contribution is -0.149. The van der Waals surface area contributed by atoms with Crippen LogP contribution in [0.5, 0.6) is 0 Å². The van der Waals surface area contributed by atoms with Crippen LogP contribution in [-0.4, -0.2) is 47.9 Å². The smallest absolute Gasteiger partial charge is 0.310 e. The largest absolute Gasteiger partial charge is 0.466 e. The Hall–Kier alpha value is -2.14. The molecule has 1 fully saturated rings. The number of likely N-dealkylation sites (tertiary alicyclic amines) is 1. The van der Waals surface area contributed by atoms with Gasteiger partial charge < -0.3 is 9.72 Å². The predicted molar refractivity (Wildman–Crippen MR) is 97.8 cm³/mol. The van der Waals surface area contributed by atoms with Gasteiger partial charge in [-0.2, -0.15) is 0 Å². The van der Waals surface area contributed by atoms with Gasteiger partial charge in [0.15, 0.2) is 5.78 Å². The molecule has 25 heavy (non-hydrogen) atoms. The maximum atomic E-state index is 12.8. The number of rotatable bonds is 6. The van der Waals surface area contributed by atoms with E-state index in [4.69, 9.17) is 4.74 Å². The lowest BCUT2D eigenvalue weighted by Crippen LogP contribution is -2.41. The minimum atomic E-state index is -0.140. The van der Waals surface area contributed by atoms with E-state index in [1.54, 1.807) is 0 Å². The molecule has 1 aromatic carbocycles. The van der Waals surface area contributed by atoms with E-state index in [9.17, 15) is 9.59 Å². The molecule has 1 atom stereocenters. The minimum absolute atomic E-state index is 0.101. The van der Waals surface area contributed by atoms with E-state index >= 15 is 0 Å². The van der Waals surface area contributed by atoms with Crippen molar-refractivity contribution in [1.82, 2.24) is 9.88 Å². The number of hydrogen-bond donors (Lipinski definition) is 1. The average Bonchev–Trinajstić information content (AvgIpc) is 3.06. The van der Waals surface area contributed by atoms with E-state index in [-0.39, 0.29) is 17.7 Å². The molecule has 0 spiro atoms. The van der Waals surface area contributed by atoms with Gasteiger partial charge in [0, 0.05) is 29.2 Å². The van der Waals surface area contributed by atoms with Gasteiger partial charge in [-0.3, -0.25) is 14.5 Å². The molecule has 5 heteroatoms. The number of nitrogens with one attached hydrogen (secondary N) is 1. The fraction of sp³-hybridized carbons (Fsp3) is 0.500. The Morgan fingerprint density at radius 3 is 2.92 bits per heavy atom. The van der Waals surface area contributed by atoms with Crippen molar-refractivity contribution >= 4 is 22.7 Å². The third-order valence-electron chi connectivity index (χ3n) is 4.98. The maximum Gasteiger partial charge on any atom is 0.310 e. The zero-order valence-corrected chi connectivity index (χ0v) is 15.0. The number of benzene rings is 1. The lowest BCUT2D eigenvalue weighted by atomic mass is 9.97. The fourth-order valence-corrected chi connectivity index (χ4v) is 3.68. The number of aryl methyl sites for hydroxylation is 1. The van der Waals surface area contributed by atoms with E-state index in [2.05, 4.69) is 22.9 Å². The summed E-state index contributed by atoms with van der Waals surface area (Å²) in [6.07, 6.45) is 4.51. The molecule has 0 bridgehead atoms. The van der Waals surface area contributed by atoms with E-state index in [0.717, 1.165) is 42.3 Å². The summed E-state index contributed by atoms with van der Waals surface area (Å²) in [7, 11) is 0. The van der Waals surface area contributed by atoms with Gasteiger partial charge >= 0.3 is 5.97 Å². The molecule has 0 aliphatic carbocycles. The van der Waals surface area contributed by atoms with Gasteiger partial charge in [0.25, 0.3) is 0 Å². The molecule has 2 aromatic rings. The van der Waals surface area contributed by atoms with Crippen LogP contribution in [0.25, 0.3) is 10.9 Å². The molecule has 134 valence electrons. The highest BCUT2D eigenvalue weighted by Gasteiger charge is 2.28. The second kappa shape index (κ2) is 7.83. The number of piperidine rings is 1. The lowest BCUT2D eigenvalue weighted by Gasteiger charge is -2.30. The van der Waals surface area contributed by atoms with E-state index in [1.165, 1.54) is 5.56 Å². The number of carbonyl (C=O) groups is 2. The van der Waals surface area contributed by atoms with Gasteiger partial charge in [-0.1, -0.05) is 25.1 Å². The Labute approximate surface area is 148 Å². The number of carbonyl (C=O) groups excluding carboxylic acids is 2. The first-order valence-electron chi connectivity index (χ1n) is 9.15. The molecular formula is C20H26N2O3. The van der Waals surface area contributed by atoms with Crippen molar-refractivity contribution in [2.24, 2.45) is 5.92 Å². The van der Waals surface area contributed by atoms with Gasteiger partial charge in [-0.05, 0) is 38.3 Å². The number of fused-ring (bicyclic) bond motifs is 1. The van der Waals surface area contributed by atoms with Crippen LogP contribution >= 0.6 is 0 Å². The van der Waals surface area contributed by atoms with Crippen molar-refractivity contribution in [3.63, 3.8) is 0 Å². The Kier molecular flexibility index (Phi) is 5.53. The molecule has 0 amide bonds. The summed E-state index contributed by atoms with van der Waals surface area (Å²) < 4.78 is 5.13. The number of ether oxygens (including phenoxy) is 1. The predicted octanol–water partition coefficient (Wildman–Crippen LogP) is 3.19. The molecule has 1 aliphatic rings. The number of nitrogens with zero attached hydrogens (tertiary/aromatic N) is 1. The second-order valence-electron chi connectivity index (χ2n) is 6.65. The Morgan fingerprint density at radius 1 is 1.32 bits per heavy atom. The van der Waals surface area contributed by atoms with Crippen molar-refractivity contribution in [3.05, 3.63) is 35.5 Å². The van der Waals surface area contributed by atoms with Crippen LogP contribution in [0.1, 0.15) is 42.6 Å². The van der Waals surface area contributed by atoms with Crippen LogP contribution in [0.3, 0.4) is 0 Å². The highest BCUT2D eigenvalue weighted by atomic mass is 16.5. The van der Waals surface area contributed by atoms with E-state index in [1.807, 2.05) is 25.3 Å². The van der Waals surface area contributed by atoms with E-state index in [0.29, 0.717) is 19.7 Å². The number of Topliss-reactive ketones (excluding diaryl/α,β-unsaturated/α-hetero) is 1. The van der Waals surface area contributed by atoms with Crippen molar-refractivity contribution in [1.29, 1.82) is 0 Å². The number of H-pyrrole nitrogens is 1. The number of hydrogen-bond acceptors (Lipinski definition) is 4. The van der Waals surface area contributed by atoms with Gasteiger partial charge in [0.1, 0.15) is 0 Å². The number of esters is 1. The van der Waals surface area contributed by atoms with Gasteiger partial charge in [-0.15, -0.1) is 0 Å². The first-order chi connectivity index (χ1) is 12.1. The highest BCUT2D eigenvalue weighted by molar-refractivity contribution is 6.09. The van der Waals surface area contributed by atoms with Crippen LogP contribution in [0.4, 0.5) is 0 Å². The molecule has 5 nitrogen and oxygen atoms in total. The molecule has 0 radical (unpaired) electrons. The van der Waals surface area contributed by atoms with Crippen molar-refractivity contribution in [2.45, 2.75) is 33.1 Å². The van der Waals surface area contributed by atoms with Crippen LogP contribution < -0.4 is 0 Å². The molecule has 1 N–H and O–H groups in total. The van der Waals surface area contributed by atoms with Crippen LogP contribution in [-0.2, 0) is 16.0 Å². The minimum Gasteiger partial charge on any atom is -0.466 e.